The molecule has 23 heavy (non-hydrogen) atoms. The number of ether oxygens (including phenoxy) is 1. The van der Waals surface area contributed by atoms with Gasteiger partial charge in [0, 0.05) is 39.3 Å². The number of morpholine rings is 1. The smallest absolute Gasteiger partial charge is 0.0870 e. The highest BCUT2D eigenvalue weighted by molar-refractivity contribution is 5.15. The number of rotatable bonds is 4. The summed E-state index contributed by atoms with van der Waals surface area (Å²) in [4.78, 5) is 5.28. The number of likely N-dealkylation sites (tertiary alicyclic amines) is 1. The van der Waals surface area contributed by atoms with Crippen LogP contribution in [-0.2, 0) is 11.3 Å². The summed E-state index contributed by atoms with van der Waals surface area (Å²) >= 11 is 0. The van der Waals surface area contributed by atoms with Crippen molar-refractivity contribution in [3.63, 3.8) is 0 Å². The molecule has 0 radical (unpaired) electrons. The molecule has 4 rings (SSSR count). The van der Waals surface area contributed by atoms with Gasteiger partial charge < -0.3 is 10.1 Å². The van der Waals surface area contributed by atoms with E-state index in [0.29, 0.717) is 17.6 Å². The average molecular weight is 315 g/mol. The quantitative estimate of drug-likeness (QED) is 0.913. The zero-order valence-corrected chi connectivity index (χ0v) is 14.2. The third kappa shape index (κ3) is 3.45. The first-order valence-electron chi connectivity index (χ1n) is 9.05. The molecule has 4 heteroatoms. The van der Waals surface area contributed by atoms with E-state index in [0.717, 1.165) is 39.3 Å². The maximum absolute atomic E-state index is 6.10. The molecule has 126 valence electrons. The second-order valence-corrected chi connectivity index (χ2v) is 7.86. The van der Waals surface area contributed by atoms with Crippen LogP contribution in [0.25, 0.3) is 0 Å². The highest BCUT2D eigenvalue weighted by Crippen LogP contribution is 2.30. The summed E-state index contributed by atoms with van der Waals surface area (Å²) in [6.07, 6.45) is 1.69. The number of hydrogen-bond donors (Lipinski definition) is 1. The zero-order valence-electron chi connectivity index (χ0n) is 14.2. The lowest BCUT2D eigenvalue weighted by Gasteiger charge is -2.37. The van der Waals surface area contributed by atoms with Crippen molar-refractivity contribution in [1.82, 2.24) is 15.1 Å². The Morgan fingerprint density at radius 3 is 2.91 bits per heavy atom. The number of hydrogen-bond acceptors (Lipinski definition) is 4. The molecule has 3 aliphatic heterocycles. The molecule has 4 nitrogen and oxygen atoms in total. The Kier molecular flexibility index (Phi) is 4.41. The van der Waals surface area contributed by atoms with Crippen molar-refractivity contribution in [3.05, 3.63) is 35.9 Å². The summed E-state index contributed by atoms with van der Waals surface area (Å²) in [6.45, 7) is 11.2. The molecule has 3 heterocycles. The van der Waals surface area contributed by atoms with Crippen LogP contribution in [0.2, 0.25) is 0 Å². The number of fused-ring (bicyclic) bond motifs is 1. The third-order valence-electron chi connectivity index (χ3n) is 5.78. The average Bonchev–Trinajstić information content (AvgIpc) is 3.15. The van der Waals surface area contributed by atoms with Crippen LogP contribution in [0, 0.1) is 5.41 Å². The molecule has 0 amide bonds. The van der Waals surface area contributed by atoms with E-state index in [2.05, 4.69) is 52.4 Å². The molecule has 3 aliphatic rings. The molecule has 0 saturated carbocycles. The molecular weight excluding hydrogens is 286 g/mol. The van der Waals surface area contributed by atoms with Crippen molar-refractivity contribution in [1.29, 1.82) is 0 Å². The minimum absolute atomic E-state index is 0.394. The van der Waals surface area contributed by atoms with Crippen LogP contribution in [0.4, 0.5) is 0 Å². The summed E-state index contributed by atoms with van der Waals surface area (Å²) in [5.74, 6) is 0. The highest BCUT2D eigenvalue weighted by atomic mass is 16.5. The summed E-state index contributed by atoms with van der Waals surface area (Å²) in [6, 6.07) is 11.4. The van der Waals surface area contributed by atoms with E-state index in [1.165, 1.54) is 25.1 Å². The van der Waals surface area contributed by atoms with Gasteiger partial charge in [0.05, 0.1) is 18.8 Å². The van der Waals surface area contributed by atoms with Crippen molar-refractivity contribution < 1.29 is 4.74 Å². The van der Waals surface area contributed by atoms with Gasteiger partial charge in [0.25, 0.3) is 0 Å². The number of benzene rings is 1. The second-order valence-electron chi connectivity index (χ2n) is 7.86. The lowest BCUT2D eigenvalue weighted by molar-refractivity contribution is -0.0505. The molecule has 1 unspecified atom stereocenters. The molecule has 0 aromatic heterocycles. The molecule has 0 bridgehead atoms. The Hall–Kier alpha value is -0.940. The van der Waals surface area contributed by atoms with Gasteiger partial charge in [0.2, 0.25) is 0 Å². The monoisotopic (exact) mass is 315 g/mol. The van der Waals surface area contributed by atoms with Crippen molar-refractivity contribution in [2.24, 2.45) is 5.41 Å². The van der Waals surface area contributed by atoms with E-state index in [-0.39, 0.29) is 0 Å². The lowest BCUT2D eigenvalue weighted by atomic mass is 9.89. The molecule has 0 aliphatic carbocycles. The largest absolute Gasteiger partial charge is 0.374 e. The van der Waals surface area contributed by atoms with E-state index >= 15 is 0 Å². The van der Waals surface area contributed by atoms with Crippen LogP contribution in [0.15, 0.2) is 30.3 Å². The van der Waals surface area contributed by atoms with Gasteiger partial charge in [-0.05, 0) is 23.9 Å². The van der Waals surface area contributed by atoms with E-state index < -0.39 is 0 Å². The molecule has 3 fully saturated rings. The molecule has 1 aromatic rings. The van der Waals surface area contributed by atoms with Crippen LogP contribution >= 0.6 is 0 Å². The molecule has 1 aromatic carbocycles. The maximum atomic E-state index is 6.10. The Labute approximate surface area is 139 Å². The van der Waals surface area contributed by atoms with Crippen LogP contribution in [0.5, 0.6) is 0 Å². The highest BCUT2D eigenvalue weighted by Gasteiger charge is 2.42. The fourth-order valence-corrected chi connectivity index (χ4v) is 4.52. The van der Waals surface area contributed by atoms with Crippen molar-refractivity contribution >= 4 is 0 Å². The maximum Gasteiger partial charge on any atom is 0.0870 e. The Morgan fingerprint density at radius 1 is 1.26 bits per heavy atom. The third-order valence-corrected chi connectivity index (χ3v) is 5.78. The second kappa shape index (κ2) is 6.52. The van der Waals surface area contributed by atoms with E-state index in [4.69, 9.17) is 4.74 Å². The van der Waals surface area contributed by atoms with Crippen molar-refractivity contribution in [3.8, 4) is 0 Å². The van der Waals surface area contributed by atoms with Gasteiger partial charge in [0.15, 0.2) is 0 Å². The van der Waals surface area contributed by atoms with E-state index in [1.54, 1.807) is 0 Å². The van der Waals surface area contributed by atoms with Crippen LogP contribution < -0.4 is 5.32 Å². The fourth-order valence-electron chi connectivity index (χ4n) is 4.52. The summed E-state index contributed by atoms with van der Waals surface area (Å²) in [7, 11) is 0. The van der Waals surface area contributed by atoms with Gasteiger partial charge >= 0.3 is 0 Å². The minimum Gasteiger partial charge on any atom is -0.374 e. The minimum atomic E-state index is 0.394. The van der Waals surface area contributed by atoms with Crippen molar-refractivity contribution in [2.75, 3.05) is 45.9 Å². The first kappa shape index (κ1) is 15.6. The first-order chi connectivity index (χ1) is 11.2. The van der Waals surface area contributed by atoms with Crippen molar-refractivity contribution in [2.45, 2.75) is 32.0 Å². The van der Waals surface area contributed by atoms with Gasteiger partial charge in [-0.3, -0.25) is 9.80 Å². The Balaban J connectivity index is 1.40. The Bertz CT molecular complexity index is 515. The van der Waals surface area contributed by atoms with Gasteiger partial charge in [0.1, 0.15) is 0 Å². The first-order valence-corrected chi connectivity index (χ1v) is 9.05. The normalized spacial score (nSPS) is 35.5. The SMILES string of the molecule is CC1(CN2C[C@@H]3OCCN(Cc4ccccc4)[C@@H]3C2)CCNC1. The van der Waals surface area contributed by atoms with Crippen LogP contribution in [-0.4, -0.2) is 67.8 Å². The predicted molar refractivity (Wildman–Crippen MR) is 92.4 cm³/mol. The molecule has 3 saturated heterocycles. The topological polar surface area (TPSA) is 27.7 Å². The van der Waals surface area contributed by atoms with Gasteiger partial charge in [-0.1, -0.05) is 37.3 Å². The standard InChI is InChI=1S/C19H29N3O/c1-19(7-8-20-14-19)15-21-12-17-18(13-21)23-10-9-22(17)11-16-5-3-2-4-6-16/h2-6,17-18,20H,7-15H2,1H3/t17-,18+,19?/m1/s1. The van der Waals surface area contributed by atoms with Crippen LogP contribution in [0.3, 0.4) is 0 Å². The van der Waals surface area contributed by atoms with Gasteiger partial charge in [-0.2, -0.15) is 0 Å². The molecular formula is C19H29N3O. The van der Waals surface area contributed by atoms with Gasteiger partial charge in [-0.25, -0.2) is 0 Å². The molecule has 0 spiro atoms. The van der Waals surface area contributed by atoms with Gasteiger partial charge in [-0.15, -0.1) is 0 Å². The number of nitrogens with one attached hydrogen (secondary N) is 1. The Morgan fingerprint density at radius 2 is 2.13 bits per heavy atom. The fraction of sp³-hybridized carbons (Fsp3) is 0.684. The van der Waals surface area contributed by atoms with E-state index in [9.17, 15) is 0 Å². The molecule has 1 N–H and O–H groups in total. The van der Waals surface area contributed by atoms with E-state index in [1.807, 2.05) is 0 Å². The summed E-state index contributed by atoms with van der Waals surface area (Å²) < 4.78 is 6.10. The summed E-state index contributed by atoms with van der Waals surface area (Å²) in [5, 5.41) is 3.52. The molecule has 3 atom stereocenters. The predicted octanol–water partition coefficient (Wildman–Crippen LogP) is 1.57. The number of nitrogens with zero attached hydrogens (tertiary/aromatic N) is 2. The summed E-state index contributed by atoms with van der Waals surface area (Å²) in [5.41, 5.74) is 1.86. The van der Waals surface area contributed by atoms with Crippen LogP contribution in [0.1, 0.15) is 18.9 Å². The zero-order chi connectivity index (χ0) is 15.7. The lowest BCUT2D eigenvalue weighted by Crippen LogP contribution is -2.50.